The van der Waals surface area contributed by atoms with Crippen LogP contribution in [-0.4, -0.2) is 34.9 Å². The molecular weight excluding hydrogens is 699 g/mol. The van der Waals surface area contributed by atoms with E-state index in [1.54, 1.807) is 6.08 Å². The van der Waals surface area contributed by atoms with Crippen LogP contribution >= 0.6 is 0 Å². The highest BCUT2D eigenvalue weighted by atomic mass is 16.3. The normalized spacial score (nSPS) is 13.5. The van der Waals surface area contributed by atoms with E-state index in [2.05, 4.69) is 79.9 Å². The van der Waals surface area contributed by atoms with Crippen molar-refractivity contribution in [2.24, 2.45) is 0 Å². The minimum Gasteiger partial charge on any atom is -0.394 e. The predicted molar refractivity (Wildman–Crippen MR) is 253 cm³/mol. The van der Waals surface area contributed by atoms with Crippen LogP contribution in [0.15, 0.2) is 72.9 Å². The third-order valence-corrected chi connectivity index (χ3v) is 10.9. The first-order chi connectivity index (χ1) is 28.2. The number of amides is 1. The van der Waals surface area contributed by atoms with Crippen molar-refractivity contribution in [3.63, 3.8) is 0 Å². The van der Waals surface area contributed by atoms with Gasteiger partial charge in [0.1, 0.15) is 0 Å². The predicted octanol–water partition coefficient (Wildman–Crippen LogP) is 15.9. The molecule has 0 spiro atoms. The lowest BCUT2D eigenvalue weighted by atomic mass is 10.0. The molecule has 2 atom stereocenters. The van der Waals surface area contributed by atoms with Crippen molar-refractivity contribution in [3.8, 4) is 0 Å². The SMILES string of the molecule is CC/C=C\C/C=C\C/C=C\CCCCCCCCCC(=O)NC(CO)C(O)/C=C/CC/C=C/CC/C=C/CCCCCCCCCCCCCCCCCCCC. The molecule has 0 fully saturated rings. The van der Waals surface area contributed by atoms with E-state index >= 15 is 0 Å². The Morgan fingerprint density at radius 3 is 1.23 bits per heavy atom. The maximum Gasteiger partial charge on any atom is 0.220 e. The third kappa shape index (κ3) is 44.8. The van der Waals surface area contributed by atoms with Crippen LogP contribution in [0.4, 0.5) is 0 Å². The molecule has 0 aromatic carbocycles. The quantitative estimate of drug-likeness (QED) is 0.0425. The summed E-state index contributed by atoms with van der Waals surface area (Å²) in [5.41, 5.74) is 0. The van der Waals surface area contributed by atoms with Gasteiger partial charge in [-0.25, -0.2) is 0 Å². The van der Waals surface area contributed by atoms with Crippen molar-refractivity contribution < 1.29 is 15.0 Å². The van der Waals surface area contributed by atoms with Crippen LogP contribution in [0.5, 0.6) is 0 Å². The molecule has 0 aliphatic rings. The van der Waals surface area contributed by atoms with Crippen LogP contribution in [0, 0.1) is 0 Å². The Labute approximate surface area is 355 Å². The van der Waals surface area contributed by atoms with Gasteiger partial charge in [0.25, 0.3) is 0 Å². The highest BCUT2D eigenvalue weighted by Gasteiger charge is 2.17. The second-order valence-electron chi connectivity index (χ2n) is 16.5. The van der Waals surface area contributed by atoms with Crippen molar-refractivity contribution >= 4 is 5.91 Å². The first-order valence-corrected chi connectivity index (χ1v) is 24.7. The number of rotatable bonds is 44. The number of nitrogens with one attached hydrogen (secondary N) is 1. The summed E-state index contributed by atoms with van der Waals surface area (Å²) in [5.74, 6) is -0.0899. The minimum atomic E-state index is -0.878. The molecule has 0 saturated carbocycles. The molecule has 0 aromatic rings. The van der Waals surface area contributed by atoms with Gasteiger partial charge in [-0.05, 0) is 77.0 Å². The second kappa shape index (κ2) is 48.2. The summed E-state index contributed by atoms with van der Waals surface area (Å²) in [4.78, 5) is 12.4. The average molecular weight is 794 g/mol. The molecule has 57 heavy (non-hydrogen) atoms. The van der Waals surface area contributed by atoms with E-state index in [0.717, 1.165) is 70.6 Å². The lowest BCUT2D eigenvalue weighted by Crippen LogP contribution is -2.45. The Hall–Kier alpha value is -2.17. The summed E-state index contributed by atoms with van der Waals surface area (Å²) < 4.78 is 0. The molecule has 0 radical (unpaired) electrons. The number of carbonyl (C=O) groups excluding carboxylic acids is 1. The highest BCUT2D eigenvalue weighted by Crippen LogP contribution is 2.15. The zero-order chi connectivity index (χ0) is 41.4. The van der Waals surface area contributed by atoms with Crippen LogP contribution in [0.2, 0.25) is 0 Å². The van der Waals surface area contributed by atoms with E-state index in [-0.39, 0.29) is 12.5 Å². The largest absolute Gasteiger partial charge is 0.394 e. The molecule has 4 heteroatoms. The number of allylic oxidation sites excluding steroid dienone is 11. The molecule has 2 unspecified atom stereocenters. The van der Waals surface area contributed by atoms with Gasteiger partial charge in [-0.1, -0.05) is 228 Å². The maximum absolute atomic E-state index is 12.4. The summed E-state index contributed by atoms with van der Waals surface area (Å²) in [6.45, 7) is 4.18. The molecule has 1 amide bonds. The minimum absolute atomic E-state index is 0.0899. The molecule has 0 aliphatic carbocycles. The summed E-state index contributed by atoms with van der Waals surface area (Å²) in [5, 5.41) is 23.0. The van der Waals surface area contributed by atoms with E-state index in [4.69, 9.17) is 0 Å². The van der Waals surface area contributed by atoms with Gasteiger partial charge < -0.3 is 15.5 Å². The average Bonchev–Trinajstić information content (AvgIpc) is 3.22. The Kier molecular flexibility index (Phi) is 46.4. The van der Waals surface area contributed by atoms with Crippen molar-refractivity contribution in [3.05, 3.63) is 72.9 Å². The van der Waals surface area contributed by atoms with Gasteiger partial charge in [-0.3, -0.25) is 4.79 Å². The van der Waals surface area contributed by atoms with Crippen molar-refractivity contribution in [1.82, 2.24) is 5.32 Å². The topological polar surface area (TPSA) is 69.6 Å². The number of hydrogen-bond acceptors (Lipinski definition) is 3. The van der Waals surface area contributed by atoms with Crippen LogP contribution in [0.1, 0.15) is 239 Å². The van der Waals surface area contributed by atoms with Gasteiger partial charge in [-0.15, -0.1) is 0 Å². The standard InChI is InChI=1S/C53H95NO3/c1-3-5-7-9-11-13-15-17-19-21-22-23-24-25-26-27-28-29-30-31-33-34-36-38-40-42-44-46-48-52(56)51(50-55)54-53(57)49-47-45-43-41-39-37-35-32-20-18-16-14-12-10-8-6-4-2/h6,8,12,14,18,20,31,33,38,40,46,48,51-52,55-56H,3-5,7,9-11,13,15-17,19,21-30,32,34-37,39,41-45,47,49-50H2,1-2H3,(H,54,57)/b8-6-,14-12-,20-18-,33-31+,40-38+,48-46+. The number of hydrogen-bond donors (Lipinski definition) is 3. The summed E-state index contributed by atoms with van der Waals surface area (Å²) in [7, 11) is 0. The van der Waals surface area contributed by atoms with Crippen LogP contribution in [0.25, 0.3) is 0 Å². The Bertz CT molecular complexity index is 992. The van der Waals surface area contributed by atoms with E-state index < -0.39 is 12.1 Å². The smallest absolute Gasteiger partial charge is 0.220 e. The summed E-state index contributed by atoms with van der Waals surface area (Å²) >= 11 is 0. The fourth-order valence-corrected chi connectivity index (χ4v) is 7.17. The van der Waals surface area contributed by atoms with Crippen molar-refractivity contribution in [2.45, 2.75) is 251 Å². The van der Waals surface area contributed by atoms with Crippen LogP contribution < -0.4 is 5.32 Å². The van der Waals surface area contributed by atoms with Gasteiger partial charge in [0.2, 0.25) is 5.91 Å². The third-order valence-electron chi connectivity index (χ3n) is 10.9. The van der Waals surface area contributed by atoms with Crippen molar-refractivity contribution in [1.29, 1.82) is 0 Å². The second-order valence-corrected chi connectivity index (χ2v) is 16.5. The van der Waals surface area contributed by atoms with Gasteiger partial charge in [0, 0.05) is 6.42 Å². The van der Waals surface area contributed by atoms with Crippen LogP contribution in [0.3, 0.4) is 0 Å². The molecule has 0 bridgehead atoms. The Balaban J connectivity index is 3.61. The van der Waals surface area contributed by atoms with Gasteiger partial charge >= 0.3 is 0 Å². The van der Waals surface area contributed by atoms with Crippen LogP contribution in [-0.2, 0) is 4.79 Å². The molecular formula is C53H95NO3. The molecule has 0 saturated heterocycles. The monoisotopic (exact) mass is 794 g/mol. The molecule has 330 valence electrons. The molecule has 0 aromatic heterocycles. The van der Waals surface area contributed by atoms with Gasteiger partial charge in [0.15, 0.2) is 0 Å². The van der Waals surface area contributed by atoms with E-state index in [1.807, 2.05) is 6.08 Å². The molecule has 0 rings (SSSR count). The summed E-state index contributed by atoms with van der Waals surface area (Å²) in [6, 6.07) is -0.655. The zero-order valence-corrected chi connectivity index (χ0v) is 37.8. The zero-order valence-electron chi connectivity index (χ0n) is 37.8. The lowest BCUT2D eigenvalue weighted by Gasteiger charge is -2.19. The molecule has 0 heterocycles. The number of aliphatic hydroxyl groups excluding tert-OH is 2. The molecule has 4 nitrogen and oxygen atoms in total. The molecule has 3 N–H and O–H groups in total. The Morgan fingerprint density at radius 1 is 0.439 bits per heavy atom. The van der Waals surface area contributed by atoms with E-state index in [0.29, 0.717) is 6.42 Å². The van der Waals surface area contributed by atoms with Gasteiger partial charge in [0.05, 0.1) is 18.8 Å². The number of unbranched alkanes of at least 4 members (excludes halogenated alkanes) is 27. The fraction of sp³-hybridized carbons (Fsp3) is 0.755. The van der Waals surface area contributed by atoms with Crippen molar-refractivity contribution in [2.75, 3.05) is 6.61 Å². The molecule has 0 aliphatic heterocycles. The summed E-state index contributed by atoms with van der Waals surface area (Å²) in [6.07, 6.45) is 69.0. The fourth-order valence-electron chi connectivity index (χ4n) is 7.17. The Morgan fingerprint density at radius 2 is 0.789 bits per heavy atom. The number of carbonyl (C=O) groups is 1. The van der Waals surface area contributed by atoms with Gasteiger partial charge in [-0.2, -0.15) is 0 Å². The van der Waals surface area contributed by atoms with E-state index in [9.17, 15) is 15.0 Å². The first kappa shape index (κ1) is 54.8. The number of aliphatic hydroxyl groups is 2. The van der Waals surface area contributed by atoms with E-state index in [1.165, 1.54) is 148 Å². The maximum atomic E-state index is 12.4. The highest BCUT2D eigenvalue weighted by molar-refractivity contribution is 5.76. The first-order valence-electron chi connectivity index (χ1n) is 24.7. The lowest BCUT2D eigenvalue weighted by molar-refractivity contribution is -0.123.